The highest BCUT2D eigenvalue weighted by Gasteiger charge is 2.42. The van der Waals surface area contributed by atoms with Gasteiger partial charge in [-0.3, -0.25) is 4.79 Å². The van der Waals surface area contributed by atoms with Crippen molar-refractivity contribution in [3.8, 4) is 0 Å². The summed E-state index contributed by atoms with van der Waals surface area (Å²) in [6.07, 6.45) is 3.07. The van der Waals surface area contributed by atoms with Gasteiger partial charge in [0, 0.05) is 23.5 Å². The van der Waals surface area contributed by atoms with E-state index in [1.165, 1.54) is 11.1 Å². The third kappa shape index (κ3) is 2.58. The van der Waals surface area contributed by atoms with Crippen molar-refractivity contribution in [1.82, 2.24) is 4.90 Å². The molecule has 0 saturated heterocycles. The normalized spacial score (nSPS) is 22.6. The van der Waals surface area contributed by atoms with Crippen LogP contribution >= 0.6 is 11.6 Å². The van der Waals surface area contributed by atoms with Crippen LogP contribution in [0.4, 0.5) is 0 Å². The molecule has 1 atom stereocenters. The second kappa shape index (κ2) is 4.77. The van der Waals surface area contributed by atoms with Crippen LogP contribution in [-0.2, 0) is 17.8 Å². The Morgan fingerprint density at radius 1 is 1.25 bits per heavy atom. The van der Waals surface area contributed by atoms with Gasteiger partial charge >= 0.3 is 0 Å². The first-order valence-electron chi connectivity index (χ1n) is 7.44. The molecule has 1 unspecified atom stereocenters. The zero-order valence-corrected chi connectivity index (χ0v) is 13.2. The van der Waals surface area contributed by atoms with Crippen LogP contribution in [0, 0.1) is 11.3 Å². The molecule has 0 radical (unpaired) electrons. The van der Waals surface area contributed by atoms with Crippen molar-refractivity contribution in [3.63, 3.8) is 0 Å². The second-order valence-corrected chi connectivity index (χ2v) is 7.68. The zero-order chi connectivity index (χ0) is 14.5. The lowest BCUT2D eigenvalue weighted by molar-refractivity contribution is -0.138. The molecule has 2 nitrogen and oxygen atoms in total. The number of nitrogens with zero attached hydrogens (tertiary/aromatic N) is 1. The van der Waals surface area contributed by atoms with Gasteiger partial charge in [-0.05, 0) is 47.9 Å². The molecule has 1 aromatic carbocycles. The maximum absolute atomic E-state index is 12.6. The van der Waals surface area contributed by atoms with E-state index in [-0.39, 0.29) is 17.4 Å². The molecule has 1 aromatic rings. The third-order valence-corrected chi connectivity index (χ3v) is 4.74. The van der Waals surface area contributed by atoms with Crippen molar-refractivity contribution in [1.29, 1.82) is 0 Å². The van der Waals surface area contributed by atoms with Crippen molar-refractivity contribution in [2.45, 2.75) is 52.6 Å². The Labute approximate surface area is 126 Å². The summed E-state index contributed by atoms with van der Waals surface area (Å²) in [5.74, 6) is 0.621. The molecule has 1 aliphatic heterocycles. The zero-order valence-electron chi connectivity index (χ0n) is 12.4. The molecule has 1 aliphatic carbocycles. The summed E-state index contributed by atoms with van der Waals surface area (Å²) in [7, 11) is 0. The first kappa shape index (κ1) is 13.9. The van der Waals surface area contributed by atoms with Crippen LogP contribution in [0.5, 0.6) is 0 Å². The summed E-state index contributed by atoms with van der Waals surface area (Å²) < 4.78 is 0. The first-order valence-corrected chi connectivity index (χ1v) is 7.82. The van der Waals surface area contributed by atoms with Gasteiger partial charge in [-0.25, -0.2) is 0 Å². The molecule has 1 heterocycles. The van der Waals surface area contributed by atoms with Crippen molar-refractivity contribution < 1.29 is 4.79 Å². The summed E-state index contributed by atoms with van der Waals surface area (Å²) in [4.78, 5) is 14.7. The maximum Gasteiger partial charge on any atom is 0.226 e. The van der Waals surface area contributed by atoms with Gasteiger partial charge in [0.25, 0.3) is 0 Å². The molecule has 20 heavy (non-hydrogen) atoms. The van der Waals surface area contributed by atoms with E-state index in [4.69, 9.17) is 11.6 Å². The lowest BCUT2D eigenvalue weighted by atomic mass is 9.78. The summed E-state index contributed by atoms with van der Waals surface area (Å²) >= 11 is 6.10. The van der Waals surface area contributed by atoms with E-state index in [1.54, 1.807) is 0 Å². The molecule has 1 saturated carbocycles. The smallest absolute Gasteiger partial charge is 0.226 e. The topological polar surface area (TPSA) is 20.3 Å². The molecule has 0 N–H and O–H groups in total. The molecule has 1 amide bonds. The molecule has 2 aliphatic rings. The highest BCUT2D eigenvalue weighted by atomic mass is 35.5. The lowest BCUT2D eigenvalue weighted by Crippen LogP contribution is -2.51. The predicted molar refractivity (Wildman–Crippen MR) is 81.7 cm³/mol. The molecule has 3 heteroatoms. The van der Waals surface area contributed by atoms with Crippen LogP contribution in [-0.4, -0.2) is 16.8 Å². The van der Waals surface area contributed by atoms with Gasteiger partial charge in [0.1, 0.15) is 0 Å². The number of rotatable bonds is 1. The van der Waals surface area contributed by atoms with E-state index in [9.17, 15) is 4.79 Å². The van der Waals surface area contributed by atoms with E-state index in [1.807, 2.05) is 12.1 Å². The van der Waals surface area contributed by atoms with Crippen molar-refractivity contribution in [2.24, 2.45) is 11.3 Å². The maximum atomic E-state index is 12.6. The minimum Gasteiger partial charge on any atom is -0.334 e. The van der Waals surface area contributed by atoms with Crippen LogP contribution in [0.3, 0.4) is 0 Å². The first-order chi connectivity index (χ1) is 9.36. The number of fused-ring (bicyclic) bond motifs is 1. The number of carbonyl (C=O) groups excluding carboxylic acids is 1. The van der Waals surface area contributed by atoms with E-state index in [0.717, 1.165) is 24.3 Å². The van der Waals surface area contributed by atoms with Gasteiger partial charge in [0.2, 0.25) is 5.91 Å². The number of hydrogen-bond donors (Lipinski definition) is 0. The molecule has 0 spiro atoms. The van der Waals surface area contributed by atoms with Gasteiger partial charge in [-0.2, -0.15) is 0 Å². The van der Waals surface area contributed by atoms with Gasteiger partial charge in [0.05, 0.1) is 0 Å². The Bertz CT molecular complexity index is 542. The van der Waals surface area contributed by atoms with E-state index in [2.05, 4.69) is 31.7 Å². The van der Waals surface area contributed by atoms with Gasteiger partial charge < -0.3 is 4.90 Å². The Hall–Kier alpha value is -1.02. The van der Waals surface area contributed by atoms with Crippen LogP contribution in [0.1, 0.15) is 44.7 Å². The lowest BCUT2D eigenvalue weighted by Gasteiger charge is -2.44. The number of amides is 1. The van der Waals surface area contributed by atoms with E-state index in [0.29, 0.717) is 12.5 Å². The summed E-state index contributed by atoms with van der Waals surface area (Å²) in [6.45, 7) is 7.40. The average Bonchev–Trinajstić information content (AvgIpc) is 3.19. The van der Waals surface area contributed by atoms with Crippen molar-refractivity contribution in [3.05, 3.63) is 34.3 Å². The summed E-state index contributed by atoms with van der Waals surface area (Å²) in [5.41, 5.74) is 2.66. The van der Waals surface area contributed by atoms with E-state index < -0.39 is 0 Å². The fourth-order valence-electron chi connectivity index (χ4n) is 3.12. The highest BCUT2D eigenvalue weighted by Crippen LogP contribution is 2.39. The Balaban J connectivity index is 1.95. The molecule has 3 rings (SSSR count). The Morgan fingerprint density at radius 2 is 1.95 bits per heavy atom. The Kier molecular flexibility index (Phi) is 3.32. The van der Waals surface area contributed by atoms with Gasteiger partial charge in [-0.15, -0.1) is 0 Å². The van der Waals surface area contributed by atoms with Crippen molar-refractivity contribution in [2.75, 3.05) is 0 Å². The predicted octanol–water partition coefficient (Wildman–Crippen LogP) is 4.05. The molecule has 0 bridgehead atoms. The minimum absolute atomic E-state index is 0.0991. The average molecular weight is 292 g/mol. The molecule has 108 valence electrons. The summed E-state index contributed by atoms with van der Waals surface area (Å²) in [5, 5.41) is 0.761. The van der Waals surface area contributed by atoms with Crippen LogP contribution < -0.4 is 0 Å². The number of benzene rings is 1. The van der Waals surface area contributed by atoms with E-state index >= 15 is 0 Å². The number of carbonyl (C=O) groups is 1. The molecular formula is C17H22ClNO. The molecule has 1 fully saturated rings. The van der Waals surface area contributed by atoms with Crippen molar-refractivity contribution >= 4 is 17.5 Å². The van der Waals surface area contributed by atoms with Crippen LogP contribution in [0.15, 0.2) is 18.2 Å². The number of halogens is 1. The minimum atomic E-state index is 0.0991. The fourth-order valence-corrected chi connectivity index (χ4v) is 3.32. The standard InChI is InChI=1S/C17H22ClNO/c1-17(2,3)15-9-12-6-7-14(18)8-13(12)10-19(15)16(20)11-4-5-11/h6-8,11,15H,4-5,9-10H2,1-3H3. The molecule has 0 aromatic heterocycles. The monoisotopic (exact) mass is 291 g/mol. The van der Waals surface area contributed by atoms with Crippen LogP contribution in [0.2, 0.25) is 5.02 Å². The fraction of sp³-hybridized carbons (Fsp3) is 0.588. The Morgan fingerprint density at radius 3 is 2.55 bits per heavy atom. The number of hydrogen-bond acceptors (Lipinski definition) is 1. The third-order valence-electron chi connectivity index (χ3n) is 4.51. The summed E-state index contributed by atoms with van der Waals surface area (Å²) in [6, 6.07) is 6.38. The SMILES string of the molecule is CC(C)(C)C1Cc2ccc(Cl)cc2CN1C(=O)C1CC1. The molecular weight excluding hydrogens is 270 g/mol. The van der Waals surface area contributed by atoms with Gasteiger partial charge in [0.15, 0.2) is 0 Å². The quantitative estimate of drug-likeness (QED) is 0.764. The highest BCUT2D eigenvalue weighted by molar-refractivity contribution is 6.30. The largest absolute Gasteiger partial charge is 0.334 e. The van der Waals surface area contributed by atoms with Gasteiger partial charge in [-0.1, -0.05) is 38.4 Å². The van der Waals surface area contributed by atoms with Crippen LogP contribution in [0.25, 0.3) is 0 Å². The second-order valence-electron chi connectivity index (χ2n) is 7.24.